The quantitative estimate of drug-likeness (QED) is 0.229. The number of hydrogen-bond donors (Lipinski definition) is 0. The molecule has 0 saturated carbocycles. The number of ether oxygens (including phenoxy) is 1. The summed E-state index contributed by atoms with van der Waals surface area (Å²) in [5.41, 5.74) is 0. The van der Waals surface area contributed by atoms with Gasteiger partial charge < -0.3 is 9.16 Å². The molecule has 0 radical (unpaired) electrons. The second-order valence-corrected chi connectivity index (χ2v) is 7.92. The summed E-state index contributed by atoms with van der Waals surface area (Å²) in [6, 6.07) is 0. The maximum atomic E-state index is 10.9. The predicted molar refractivity (Wildman–Crippen MR) is 54.7 cm³/mol. The minimum atomic E-state index is -1.67. The number of esters is 1. The van der Waals surface area contributed by atoms with Crippen molar-refractivity contribution in [3.8, 4) is 0 Å². The summed E-state index contributed by atoms with van der Waals surface area (Å²) in [6.07, 6.45) is 2.81. The molecule has 4 heteroatoms. The van der Waals surface area contributed by atoms with Crippen LogP contribution in [0.2, 0.25) is 19.6 Å². The molecule has 0 spiro atoms. The van der Waals surface area contributed by atoms with Crippen LogP contribution in [0.4, 0.5) is 0 Å². The lowest BCUT2D eigenvalue weighted by Crippen LogP contribution is -2.24. The Kier molecular flexibility index (Phi) is 4.48. The number of carbonyl (C=O) groups is 1. The first-order valence-corrected chi connectivity index (χ1v) is 7.41. The van der Waals surface area contributed by atoms with E-state index in [1.165, 1.54) is 19.3 Å². The number of allylic oxidation sites excluding steroid dienone is 1. The zero-order valence-electron chi connectivity index (χ0n) is 8.59. The van der Waals surface area contributed by atoms with Crippen molar-refractivity contribution >= 4 is 14.3 Å². The van der Waals surface area contributed by atoms with E-state index in [-0.39, 0.29) is 0 Å². The number of methoxy groups -OCH3 is 1. The second kappa shape index (κ2) is 4.86. The monoisotopic (exact) mass is 200 g/mol. The van der Waals surface area contributed by atoms with Crippen LogP contribution in [-0.2, 0) is 14.0 Å². The molecular formula is C9H16O3Si. The standard InChI is InChI=1S/C9H16O3Si/c1-6-8(7-9(10)11-2)12-13(3,4)5/h6-7H,1H2,2-5H3/b8-7-. The van der Waals surface area contributed by atoms with Crippen LogP contribution in [-0.4, -0.2) is 21.4 Å². The molecule has 0 aliphatic rings. The first kappa shape index (κ1) is 12.0. The third-order valence-electron chi connectivity index (χ3n) is 1.09. The van der Waals surface area contributed by atoms with Crippen molar-refractivity contribution in [3.05, 3.63) is 24.5 Å². The van der Waals surface area contributed by atoms with Crippen LogP contribution in [0.25, 0.3) is 0 Å². The molecule has 0 N–H and O–H groups in total. The fourth-order valence-electron chi connectivity index (χ4n) is 0.659. The molecule has 0 amide bonds. The van der Waals surface area contributed by atoms with Crippen LogP contribution in [0.1, 0.15) is 0 Å². The van der Waals surface area contributed by atoms with Gasteiger partial charge in [0.15, 0.2) is 0 Å². The minimum absolute atomic E-state index is 0.423. The topological polar surface area (TPSA) is 35.5 Å². The predicted octanol–water partition coefficient (Wildman–Crippen LogP) is 2.08. The van der Waals surface area contributed by atoms with Crippen molar-refractivity contribution in [1.82, 2.24) is 0 Å². The van der Waals surface area contributed by atoms with Crippen LogP contribution < -0.4 is 0 Å². The van der Waals surface area contributed by atoms with Crippen molar-refractivity contribution < 1.29 is 14.0 Å². The molecule has 0 unspecified atom stereocenters. The van der Waals surface area contributed by atoms with E-state index in [9.17, 15) is 4.79 Å². The van der Waals surface area contributed by atoms with E-state index in [4.69, 9.17) is 4.43 Å². The molecule has 74 valence electrons. The molecule has 0 aliphatic heterocycles. The maximum Gasteiger partial charge on any atom is 0.334 e. The fraction of sp³-hybridized carbons (Fsp3) is 0.444. The summed E-state index contributed by atoms with van der Waals surface area (Å²) in [5.74, 6) is 0.0548. The van der Waals surface area contributed by atoms with Crippen LogP contribution in [0.3, 0.4) is 0 Å². The molecule has 0 heterocycles. The Morgan fingerprint density at radius 1 is 1.38 bits per heavy atom. The van der Waals surface area contributed by atoms with E-state index >= 15 is 0 Å². The molecule has 0 aromatic carbocycles. The van der Waals surface area contributed by atoms with E-state index in [1.54, 1.807) is 0 Å². The molecule has 0 atom stereocenters. The average molecular weight is 200 g/mol. The molecule has 0 saturated heterocycles. The number of rotatable bonds is 4. The highest BCUT2D eigenvalue weighted by Crippen LogP contribution is 2.10. The summed E-state index contributed by atoms with van der Waals surface area (Å²) in [7, 11) is -0.341. The van der Waals surface area contributed by atoms with Gasteiger partial charge in [0.2, 0.25) is 8.32 Å². The molecule has 3 nitrogen and oxygen atoms in total. The summed E-state index contributed by atoms with van der Waals surface area (Å²) in [6.45, 7) is 9.64. The Balaban J connectivity index is 4.43. The lowest BCUT2D eigenvalue weighted by atomic mass is 10.4. The highest BCUT2D eigenvalue weighted by atomic mass is 28.4. The molecular weight excluding hydrogens is 184 g/mol. The zero-order valence-corrected chi connectivity index (χ0v) is 9.59. The molecule has 0 bridgehead atoms. The molecule has 0 aromatic heterocycles. The van der Waals surface area contributed by atoms with Crippen LogP contribution in [0, 0.1) is 0 Å². The van der Waals surface area contributed by atoms with E-state index in [0.29, 0.717) is 5.76 Å². The molecule has 0 aliphatic carbocycles. The van der Waals surface area contributed by atoms with E-state index in [2.05, 4.69) is 11.3 Å². The number of hydrogen-bond acceptors (Lipinski definition) is 3. The third-order valence-corrected chi connectivity index (χ3v) is 1.93. The summed E-state index contributed by atoms with van der Waals surface area (Å²) in [5, 5.41) is 0. The van der Waals surface area contributed by atoms with Crippen molar-refractivity contribution in [2.75, 3.05) is 7.11 Å². The van der Waals surface area contributed by atoms with Gasteiger partial charge in [-0.3, -0.25) is 0 Å². The van der Waals surface area contributed by atoms with Gasteiger partial charge in [-0.25, -0.2) is 4.79 Å². The molecule has 0 fully saturated rings. The third kappa shape index (κ3) is 6.16. The summed E-state index contributed by atoms with van der Waals surface area (Å²) < 4.78 is 10.0. The molecule has 0 rings (SSSR count). The van der Waals surface area contributed by atoms with E-state index in [1.807, 2.05) is 19.6 Å². The SMILES string of the molecule is C=C/C(=C/C(=O)OC)O[Si](C)(C)C. The lowest BCUT2D eigenvalue weighted by Gasteiger charge is -2.19. The lowest BCUT2D eigenvalue weighted by molar-refractivity contribution is -0.134. The van der Waals surface area contributed by atoms with Crippen molar-refractivity contribution in [1.29, 1.82) is 0 Å². The van der Waals surface area contributed by atoms with Crippen LogP contribution in [0.5, 0.6) is 0 Å². The normalized spacial score (nSPS) is 12.2. The van der Waals surface area contributed by atoms with Crippen molar-refractivity contribution in [2.24, 2.45) is 0 Å². The first-order chi connectivity index (χ1) is 5.89. The first-order valence-electron chi connectivity index (χ1n) is 4.00. The Bertz CT molecular complexity index is 226. The zero-order chi connectivity index (χ0) is 10.5. The maximum absolute atomic E-state index is 10.9. The second-order valence-electron chi connectivity index (χ2n) is 3.49. The van der Waals surface area contributed by atoms with Gasteiger partial charge in [-0.05, 0) is 25.7 Å². The number of carbonyl (C=O) groups excluding carboxylic acids is 1. The van der Waals surface area contributed by atoms with Gasteiger partial charge in [0.25, 0.3) is 0 Å². The van der Waals surface area contributed by atoms with Crippen molar-refractivity contribution in [2.45, 2.75) is 19.6 Å². The van der Waals surface area contributed by atoms with E-state index in [0.717, 1.165) is 0 Å². The average Bonchev–Trinajstić information content (AvgIpc) is 2.00. The molecule has 13 heavy (non-hydrogen) atoms. The fourth-order valence-corrected chi connectivity index (χ4v) is 1.51. The van der Waals surface area contributed by atoms with Gasteiger partial charge in [-0.15, -0.1) is 0 Å². The Labute approximate surface area is 80.2 Å². The van der Waals surface area contributed by atoms with Gasteiger partial charge in [0.1, 0.15) is 5.76 Å². The van der Waals surface area contributed by atoms with Gasteiger partial charge in [0, 0.05) is 0 Å². The summed E-state index contributed by atoms with van der Waals surface area (Å²) in [4.78, 5) is 10.9. The highest BCUT2D eigenvalue weighted by Gasteiger charge is 2.16. The molecule has 0 aromatic rings. The van der Waals surface area contributed by atoms with Gasteiger partial charge >= 0.3 is 5.97 Å². The van der Waals surface area contributed by atoms with E-state index < -0.39 is 14.3 Å². The smallest absolute Gasteiger partial charge is 0.334 e. The highest BCUT2D eigenvalue weighted by molar-refractivity contribution is 6.70. The Morgan fingerprint density at radius 3 is 2.23 bits per heavy atom. The largest absolute Gasteiger partial charge is 0.544 e. The minimum Gasteiger partial charge on any atom is -0.544 e. The van der Waals surface area contributed by atoms with Crippen LogP contribution >= 0.6 is 0 Å². The van der Waals surface area contributed by atoms with Gasteiger partial charge in [0.05, 0.1) is 13.2 Å². The summed E-state index contributed by atoms with van der Waals surface area (Å²) >= 11 is 0. The van der Waals surface area contributed by atoms with Crippen molar-refractivity contribution in [3.63, 3.8) is 0 Å². The van der Waals surface area contributed by atoms with Gasteiger partial charge in [-0.1, -0.05) is 6.58 Å². The Morgan fingerprint density at radius 2 is 1.92 bits per heavy atom. The Hall–Kier alpha value is -1.03. The van der Waals surface area contributed by atoms with Gasteiger partial charge in [-0.2, -0.15) is 0 Å². The van der Waals surface area contributed by atoms with Crippen LogP contribution in [0.15, 0.2) is 24.5 Å².